The Morgan fingerprint density at radius 3 is 2.58 bits per heavy atom. The Bertz CT molecular complexity index is 1550. The number of hydrogen-bond acceptors (Lipinski definition) is 6. The summed E-state index contributed by atoms with van der Waals surface area (Å²) in [5, 5.41) is 21.5. The van der Waals surface area contributed by atoms with Gasteiger partial charge in [0.05, 0.1) is 33.9 Å². The van der Waals surface area contributed by atoms with Crippen molar-refractivity contribution < 1.29 is 33.9 Å². The number of imide groups is 2. The first kappa shape index (κ1) is 26.4. The number of nitrogens with zero attached hydrogens (tertiary/aromatic N) is 2. The molecule has 2 aliphatic carbocycles. The number of carbonyl (C=O) groups excluding carboxylic acids is 4. The summed E-state index contributed by atoms with van der Waals surface area (Å²) in [4.78, 5) is 55.1. The standard InChI is InChI=1S/C30H26ClFN2O6/c1-3-5-14-6-4-7-18(25(14)35)24-16-9-10-17-23(28(38)34(40)26(17)36)19(16)13-20-27(37)33(29(39)30(20,24)2)15-8-11-22(32)21(31)12-15/h3-4,6-9,11-12,17,19-20,23-24,35,40H,1,5,10,13H2,2H3. The number of anilines is 1. The van der Waals surface area contributed by atoms with E-state index in [0.29, 0.717) is 23.1 Å². The SMILES string of the molecule is C=CCc1cccc(C2C3=CCC4C(=O)N(O)C(=O)C4C3CC3C(=O)N(c4ccc(F)c(Cl)c4)C(=O)C32C)c1O. The van der Waals surface area contributed by atoms with Crippen molar-refractivity contribution >= 4 is 40.9 Å². The molecular formula is C30H26ClFN2O6. The first-order valence-corrected chi connectivity index (χ1v) is 13.4. The number of phenols is 1. The number of aromatic hydroxyl groups is 1. The molecule has 2 aliphatic heterocycles. The average Bonchev–Trinajstić information content (AvgIpc) is 3.27. The van der Waals surface area contributed by atoms with Crippen molar-refractivity contribution in [3.63, 3.8) is 0 Å². The van der Waals surface area contributed by atoms with Crippen LogP contribution in [-0.4, -0.2) is 39.0 Å². The molecule has 0 radical (unpaired) electrons. The Hall–Kier alpha value is -3.82. The Morgan fingerprint density at radius 1 is 1.12 bits per heavy atom. The number of benzene rings is 2. The fourth-order valence-electron chi connectivity index (χ4n) is 7.38. The van der Waals surface area contributed by atoms with Crippen molar-refractivity contribution in [2.24, 2.45) is 29.1 Å². The first-order chi connectivity index (χ1) is 19.0. The average molecular weight is 565 g/mol. The second kappa shape index (κ2) is 9.11. The molecule has 2 saturated heterocycles. The minimum Gasteiger partial charge on any atom is -0.507 e. The predicted molar refractivity (Wildman–Crippen MR) is 142 cm³/mol. The highest BCUT2D eigenvalue weighted by Crippen LogP contribution is 2.64. The highest BCUT2D eigenvalue weighted by Gasteiger charge is 2.68. The van der Waals surface area contributed by atoms with Gasteiger partial charge in [-0.05, 0) is 55.9 Å². The van der Waals surface area contributed by atoms with E-state index in [-0.39, 0.29) is 34.4 Å². The third-order valence-electron chi connectivity index (χ3n) is 9.24. The zero-order valence-electron chi connectivity index (χ0n) is 21.5. The molecule has 206 valence electrons. The quantitative estimate of drug-likeness (QED) is 0.320. The maximum atomic E-state index is 14.3. The van der Waals surface area contributed by atoms with Crippen LogP contribution in [0.3, 0.4) is 0 Å². The number of fused-ring (bicyclic) bond motifs is 4. The molecule has 6 unspecified atom stereocenters. The number of halogens is 2. The number of rotatable bonds is 4. The molecule has 4 amide bonds. The van der Waals surface area contributed by atoms with Gasteiger partial charge < -0.3 is 5.11 Å². The van der Waals surface area contributed by atoms with Crippen molar-refractivity contribution in [3.05, 3.63) is 82.7 Å². The minimum absolute atomic E-state index is 0.0443. The van der Waals surface area contributed by atoms with Crippen molar-refractivity contribution in [2.45, 2.75) is 32.1 Å². The van der Waals surface area contributed by atoms with Gasteiger partial charge >= 0.3 is 0 Å². The topological polar surface area (TPSA) is 115 Å². The van der Waals surface area contributed by atoms with Crippen LogP contribution in [-0.2, 0) is 25.6 Å². The van der Waals surface area contributed by atoms with E-state index in [9.17, 15) is 33.9 Å². The number of hydrogen-bond donors (Lipinski definition) is 2. The van der Waals surface area contributed by atoms with Crippen LogP contribution in [0.5, 0.6) is 5.75 Å². The van der Waals surface area contributed by atoms with Crippen LogP contribution in [0.4, 0.5) is 10.1 Å². The summed E-state index contributed by atoms with van der Waals surface area (Å²) >= 11 is 6.00. The Labute approximate surface area is 234 Å². The second-order valence-electron chi connectivity index (χ2n) is 11.1. The third-order valence-corrected chi connectivity index (χ3v) is 9.53. The fraction of sp³-hybridized carbons (Fsp3) is 0.333. The van der Waals surface area contributed by atoms with Crippen LogP contribution < -0.4 is 4.90 Å². The van der Waals surface area contributed by atoms with Crippen LogP contribution in [0.2, 0.25) is 5.02 Å². The van der Waals surface area contributed by atoms with Gasteiger partial charge in [0.1, 0.15) is 11.6 Å². The van der Waals surface area contributed by atoms with Crippen molar-refractivity contribution in [1.29, 1.82) is 0 Å². The number of carbonyl (C=O) groups is 4. The molecule has 0 aromatic heterocycles. The molecular weight excluding hydrogens is 539 g/mol. The lowest BCUT2D eigenvalue weighted by Crippen LogP contribution is -2.48. The zero-order valence-corrected chi connectivity index (χ0v) is 22.3. The van der Waals surface area contributed by atoms with Gasteiger partial charge in [0.25, 0.3) is 11.8 Å². The van der Waals surface area contributed by atoms with Gasteiger partial charge in [-0.2, -0.15) is 5.06 Å². The van der Waals surface area contributed by atoms with Crippen LogP contribution in [0, 0.1) is 34.9 Å². The maximum absolute atomic E-state index is 14.3. The zero-order chi connectivity index (χ0) is 28.7. The Balaban J connectivity index is 1.56. The van der Waals surface area contributed by atoms with Gasteiger partial charge in [0.15, 0.2) is 0 Å². The summed E-state index contributed by atoms with van der Waals surface area (Å²) in [6.07, 6.45) is 4.06. The van der Waals surface area contributed by atoms with E-state index in [0.717, 1.165) is 11.0 Å². The van der Waals surface area contributed by atoms with Gasteiger partial charge in [0.2, 0.25) is 11.8 Å². The molecule has 6 atom stereocenters. The number of allylic oxidation sites excluding steroid dienone is 3. The van der Waals surface area contributed by atoms with E-state index < -0.39 is 64.5 Å². The van der Waals surface area contributed by atoms with Gasteiger partial charge in [-0.1, -0.05) is 47.5 Å². The summed E-state index contributed by atoms with van der Waals surface area (Å²) in [5.74, 6) is -7.33. The highest BCUT2D eigenvalue weighted by molar-refractivity contribution is 6.31. The number of para-hydroxylation sites is 1. The molecule has 6 rings (SSSR count). The number of hydroxylamine groups is 2. The Kier molecular flexibility index (Phi) is 6.01. The molecule has 40 heavy (non-hydrogen) atoms. The predicted octanol–water partition coefficient (Wildman–Crippen LogP) is 4.53. The molecule has 4 aliphatic rings. The van der Waals surface area contributed by atoms with Crippen LogP contribution in [0.25, 0.3) is 0 Å². The van der Waals surface area contributed by atoms with E-state index in [1.54, 1.807) is 31.2 Å². The summed E-state index contributed by atoms with van der Waals surface area (Å²) < 4.78 is 14.0. The van der Waals surface area contributed by atoms with E-state index >= 15 is 0 Å². The Morgan fingerprint density at radius 2 is 1.88 bits per heavy atom. The minimum atomic E-state index is -1.39. The summed E-state index contributed by atoms with van der Waals surface area (Å²) in [5.41, 5.74) is 0.393. The molecule has 0 bridgehead atoms. The van der Waals surface area contributed by atoms with Crippen molar-refractivity contribution in [2.75, 3.05) is 4.90 Å². The molecule has 0 spiro atoms. The molecule has 10 heteroatoms. The highest BCUT2D eigenvalue weighted by atomic mass is 35.5. The van der Waals surface area contributed by atoms with Gasteiger partial charge in [-0.15, -0.1) is 6.58 Å². The second-order valence-corrected chi connectivity index (χ2v) is 11.5. The lowest BCUT2D eigenvalue weighted by Gasteiger charge is -2.49. The molecule has 3 fully saturated rings. The summed E-state index contributed by atoms with van der Waals surface area (Å²) in [7, 11) is 0. The third kappa shape index (κ3) is 3.40. The molecule has 8 nitrogen and oxygen atoms in total. The molecule has 2 N–H and O–H groups in total. The number of phenolic OH excluding ortho intramolecular Hbond substituents is 1. The van der Waals surface area contributed by atoms with Gasteiger partial charge in [-0.25, -0.2) is 9.29 Å². The fourth-order valence-corrected chi connectivity index (χ4v) is 7.55. The summed E-state index contributed by atoms with van der Waals surface area (Å²) in [6, 6.07) is 8.79. The lowest BCUT2D eigenvalue weighted by atomic mass is 9.51. The van der Waals surface area contributed by atoms with E-state index in [1.807, 2.05) is 6.08 Å². The van der Waals surface area contributed by atoms with Crippen molar-refractivity contribution in [1.82, 2.24) is 5.06 Å². The number of amides is 4. The lowest BCUT2D eigenvalue weighted by molar-refractivity contribution is -0.173. The smallest absolute Gasteiger partial charge is 0.257 e. The van der Waals surface area contributed by atoms with E-state index in [4.69, 9.17) is 11.6 Å². The largest absolute Gasteiger partial charge is 0.507 e. The van der Waals surface area contributed by atoms with E-state index in [2.05, 4.69) is 6.58 Å². The molecule has 2 heterocycles. The normalized spacial score (nSPS) is 31.2. The van der Waals surface area contributed by atoms with Crippen LogP contribution >= 0.6 is 11.6 Å². The molecule has 2 aromatic carbocycles. The van der Waals surface area contributed by atoms with Gasteiger partial charge in [-0.3, -0.25) is 24.4 Å². The van der Waals surface area contributed by atoms with E-state index in [1.165, 1.54) is 12.1 Å². The summed E-state index contributed by atoms with van der Waals surface area (Å²) in [6.45, 7) is 5.42. The van der Waals surface area contributed by atoms with Crippen molar-refractivity contribution in [3.8, 4) is 5.75 Å². The maximum Gasteiger partial charge on any atom is 0.257 e. The van der Waals surface area contributed by atoms with Crippen LogP contribution in [0.15, 0.2) is 60.7 Å². The molecule has 1 saturated carbocycles. The first-order valence-electron chi connectivity index (χ1n) is 13.0. The van der Waals surface area contributed by atoms with Crippen LogP contribution in [0.1, 0.15) is 36.8 Å². The monoisotopic (exact) mass is 564 g/mol. The molecule has 2 aromatic rings. The van der Waals surface area contributed by atoms with Gasteiger partial charge in [0, 0.05) is 11.5 Å².